The average Bonchev–Trinajstić information content (AvgIpc) is 0.868. The Labute approximate surface area is 756 Å². The van der Waals surface area contributed by atoms with Crippen LogP contribution in [0, 0.1) is 13.8 Å². The molecule has 124 heavy (non-hydrogen) atoms. The molecule has 2 unspecified atom stereocenters. The van der Waals surface area contributed by atoms with Crippen molar-refractivity contribution in [2.75, 3.05) is 95.9 Å². The number of nitrogen functional groups attached to an aromatic ring is 2. The molecule has 8 N–H and O–H groups in total. The summed E-state index contributed by atoms with van der Waals surface area (Å²) in [5.74, 6) is 0. The highest BCUT2D eigenvalue weighted by Crippen LogP contribution is 2.20. The topological polar surface area (TPSA) is 197 Å². The Morgan fingerprint density at radius 2 is 0.347 bits per heavy atom. The van der Waals surface area contributed by atoms with E-state index in [9.17, 15) is 0 Å². The molecule has 12 aromatic carbocycles. The fourth-order valence-electron chi connectivity index (χ4n) is 14.9. The van der Waals surface area contributed by atoms with E-state index < -0.39 is 20.2 Å². The number of nitrogens with two attached hydrogens (primary N) is 2. The smallest absolute Gasteiger partial charge is 0.103 e. The maximum atomic E-state index is 9.08. The largest absolute Gasteiger partial charge is 1.00 e. The molecule has 664 valence electrons. The molecule has 0 heterocycles. The zero-order chi connectivity index (χ0) is 88.1. The summed E-state index contributed by atoms with van der Waals surface area (Å²) in [6.07, 6.45) is 1.21. The Balaban J connectivity index is 0.000000283. The van der Waals surface area contributed by atoms with Crippen molar-refractivity contribution in [1.29, 1.82) is 0 Å². The Morgan fingerprint density at radius 1 is 0.226 bits per heavy atom. The molecule has 0 saturated carbocycles. The van der Waals surface area contributed by atoms with Crippen LogP contribution in [-0.2, 0) is 98.8 Å². The summed E-state index contributed by atoms with van der Waals surface area (Å²) >= 11 is 0. The van der Waals surface area contributed by atoms with Crippen molar-refractivity contribution in [2.45, 2.75) is 148 Å². The lowest BCUT2D eigenvalue weighted by atomic mass is 10.1. The normalized spacial score (nSPS) is 11.3. The summed E-state index contributed by atoms with van der Waals surface area (Å²) in [7, 11) is -7.83. The Bertz CT molecular complexity index is 4500. The van der Waals surface area contributed by atoms with Gasteiger partial charge in [0.1, 0.15) is 78.5 Å². The second-order valence-corrected chi connectivity index (χ2v) is 34.1. The van der Waals surface area contributed by atoms with Gasteiger partial charge in [-0.05, 0) is 142 Å². The lowest BCUT2D eigenvalue weighted by Gasteiger charge is -2.23. The van der Waals surface area contributed by atoms with Crippen LogP contribution >= 0.6 is 0 Å². The summed E-state index contributed by atoms with van der Waals surface area (Å²) in [5, 5.41) is 0. The van der Waals surface area contributed by atoms with E-state index in [1.807, 2.05) is 24.3 Å². The van der Waals surface area contributed by atoms with Gasteiger partial charge in [0, 0.05) is 166 Å². The monoisotopic (exact) mass is 1750 g/mol. The molecular formula is C104H136Cl2N10O6S2. The number of benzene rings is 12. The molecule has 0 amide bonds. The summed E-state index contributed by atoms with van der Waals surface area (Å²) in [5.41, 5.74) is 37.6. The van der Waals surface area contributed by atoms with Crippen molar-refractivity contribution < 1.29 is 70.4 Å². The van der Waals surface area contributed by atoms with Gasteiger partial charge in [0.2, 0.25) is 0 Å². The first-order chi connectivity index (χ1) is 58.7. The van der Waals surface area contributed by atoms with Crippen LogP contribution in [0.4, 0.5) is 34.1 Å². The molecule has 0 aliphatic rings. The number of nitrogens with one attached hydrogen (secondary N) is 4. The Morgan fingerprint density at radius 3 is 0.484 bits per heavy atom. The zero-order valence-corrected chi connectivity index (χ0v) is 78.3. The SMILES string of the molecule is CCN(CC)c1ccc(C[NH+](Cc2ccccc2)Cc2ccc(N(CC)CC)cc2)cc1.CCN(CC)c1ccc(C[NH+](Cc2ccccc2)Cc2ccc(N(CC)CC)cc2)cc1.CS(=O)(=O)[O-].CS(=O)(=O)[O-].Cc1ccc(C[NH+](Cc2ccccc2)Cc2ccc(N)cc2)cc1.Cc1ccc(C[NH+](Cc2ccccc2)Cc2ccc(N)cc2)cc1.[Cl-].[Cl-]. The van der Waals surface area contributed by atoms with Crippen molar-refractivity contribution in [1.82, 2.24) is 0 Å². The molecule has 20 heteroatoms. The van der Waals surface area contributed by atoms with Crippen molar-refractivity contribution in [3.63, 3.8) is 0 Å². The molecular weight excluding hydrogens is 1620 g/mol. The van der Waals surface area contributed by atoms with Gasteiger partial charge in [0.15, 0.2) is 0 Å². The minimum atomic E-state index is -3.92. The lowest BCUT2D eigenvalue weighted by molar-refractivity contribution is -0.941. The van der Waals surface area contributed by atoms with Gasteiger partial charge in [-0.3, -0.25) is 0 Å². The highest BCUT2D eigenvalue weighted by molar-refractivity contribution is 7.85. The highest BCUT2D eigenvalue weighted by atomic mass is 35.5. The molecule has 12 aromatic rings. The number of anilines is 6. The molecule has 0 aliphatic carbocycles. The highest BCUT2D eigenvalue weighted by Gasteiger charge is 2.19. The number of nitrogens with zero attached hydrogens (tertiary/aromatic N) is 4. The number of halogens is 2. The summed E-state index contributed by atoms with van der Waals surface area (Å²) < 4.78 is 54.5. The second-order valence-electron chi connectivity index (χ2n) is 31.3. The lowest BCUT2D eigenvalue weighted by Crippen LogP contribution is -3.08. The zero-order valence-electron chi connectivity index (χ0n) is 75.1. The van der Waals surface area contributed by atoms with Gasteiger partial charge in [-0.25, -0.2) is 16.8 Å². The van der Waals surface area contributed by atoms with Gasteiger partial charge in [-0.1, -0.05) is 254 Å². The van der Waals surface area contributed by atoms with Gasteiger partial charge in [-0.2, -0.15) is 0 Å². The number of rotatable bonds is 36. The molecule has 0 fully saturated rings. The number of hydrogen-bond donors (Lipinski definition) is 6. The van der Waals surface area contributed by atoms with Gasteiger partial charge >= 0.3 is 0 Å². The summed E-state index contributed by atoms with van der Waals surface area (Å²) in [6.45, 7) is 42.5. The van der Waals surface area contributed by atoms with E-state index in [1.165, 1.54) is 110 Å². The predicted octanol–water partition coefficient (Wildman–Crippen LogP) is 9.38. The summed E-state index contributed by atoms with van der Waals surface area (Å²) in [4.78, 5) is 15.8. The van der Waals surface area contributed by atoms with E-state index >= 15 is 0 Å². The van der Waals surface area contributed by atoms with Crippen molar-refractivity contribution >= 4 is 54.4 Å². The van der Waals surface area contributed by atoms with Gasteiger partial charge in [0.25, 0.3) is 0 Å². The van der Waals surface area contributed by atoms with Crippen LogP contribution in [0.1, 0.15) is 133 Å². The van der Waals surface area contributed by atoms with Gasteiger partial charge in [0.05, 0.1) is 20.2 Å². The van der Waals surface area contributed by atoms with Crippen LogP contribution in [0.25, 0.3) is 0 Å². The molecule has 0 aliphatic heterocycles. The maximum Gasteiger partial charge on any atom is 0.103 e. The van der Waals surface area contributed by atoms with Gasteiger partial charge < -0.3 is 84.6 Å². The average molecular weight is 1760 g/mol. The number of quaternary nitrogens is 4. The second kappa shape index (κ2) is 56.5. The first-order valence-electron chi connectivity index (χ1n) is 43.2. The Hall–Kier alpha value is -10.3. The third-order valence-corrected chi connectivity index (χ3v) is 21.3. The minimum Gasteiger partial charge on any atom is -1.00 e. The van der Waals surface area contributed by atoms with E-state index in [-0.39, 0.29) is 24.8 Å². The first kappa shape index (κ1) is 104. The fraction of sp³-hybridized carbons (Fsp3) is 0.308. The van der Waals surface area contributed by atoms with Gasteiger partial charge in [-0.15, -0.1) is 0 Å². The molecule has 0 saturated heterocycles. The van der Waals surface area contributed by atoms with Crippen molar-refractivity contribution in [2.24, 2.45) is 0 Å². The van der Waals surface area contributed by atoms with E-state index in [4.69, 9.17) is 37.4 Å². The number of aryl methyl sites for hydroxylation is 2. The molecule has 16 nitrogen and oxygen atoms in total. The summed E-state index contributed by atoms with van der Waals surface area (Å²) in [6, 6.07) is 114. The van der Waals surface area contributed by atoms with Crippen molar-refractivity contribution in [3.05, 3.63) is 393 Å². The molecule has 12 rings (SSSR count). The van der Waals surface area contributed by atoms with Crippen LogP contribution in [-0.4, -0.2) is 90.8 Å². The number of hydrogen-bond acceptors (Lipinski definition) is 12. The molecule has 0 aromatic heterocycles. The van der Waals surface area contributed by atoms with E-state index in [2.05, 4.69) is 380 Å². The third kappa shape index (κ3) is 41.4. The van der Waals surface area contributed by atoms with E-state index in [0.29, 0.717) is 12.5 Å². The minimum absolute atomic E-state index is 0. The first-order valence-corrected chi connectivity index (χ1v) is 46.8. The molecule has 2 atom stereocenters. The fourth-order valence-corrected chi connectivity index (χ4v) is 14.9. The van der Waals surface area contributed by atoms with Crippen LogP contribution in [0.2, 0.25) is 0 Å². The third-order valence-electron chi connectivity index (χ3n) is 21.3. The predicted molar refractivity (Wildman–Crippen MR) is 509 cm³/mol. The standard InChI is InChI=1S/2C29H39N3.2C22H24N2.2CH4O3S.2ClH/c2*1-5-31(6-2)28-18-14-26(15-19-28)23-30(22-25-12-10-9-11-13-25)24-27-16-20-29(21-17-27)32(7-3)8-4;2*1-18-7-9-20(10-8-18)16-24(15-19-5-3-2-4-6-19)17-21-11-13-22(23)14-12-21;2*1-5(2,3)4;;/h2*9-21H,5-8,22-24H2,1-4H3;2*2-14H,15-17,23H2,1H3;2*1H3,(H,2,3,4);2*1H. The van der Waals surface area contributed by atoms with Crippen LogP contribution < -0.4 is 75.5 Å². The van der Waals surface area contributed by atoms with Crippen LogP contribution in [0.5, 0.6) is 0 Å². The quantitative estimate of drug-likeness (QED) is 0.0161. The van der Waals surface area contributed by atoms with Crippen LogP contribution in [0.15, 0.2) is 315 Å². The maximum absolute atomic E-state index is 9.08. The Kier molecular flexibility index (Phi) is 47.5. The van der Waals surface area contributed by atoms with E-state index in [0.717, 1.165) is 142 Å². The van der Waals surface area contributed by atoms with Crippen molar-refractivity contribution in [3.8, 4) is 0 Å². The molecule has 0 bridgehead atoms. The molecule has 0 radical (unpaired) electrons. The van der Waals surface area contributed by atoms with E-state index in [1.54, 1.807) is 9.80 Å². The molecule has 0 spiro atoms. The van der Waals surface area contributed by atoms with Crippen LogP contribution in [0.3, 0.4) is 0 Å².